The summed E-state index contributed by atoms with van der Waals surface area (Å²) in [5.74, 6) is 1.80. The van der Waals surface area contributed by atoms with Crippen LogP contribution in [0.1, 0.15) is 29.4 Å². The molecule has 9 nitrogen and oxygen atoms in total. The lowest BCUT2D eigenvalue weighted by Crippen LogP contribution is -2.27. The van der Waals surface area contributed by atoms with E-state index in [1.54, 1.807) is 24.5 Å². The van der Waals surface area contributed by atoms with E-state index in [1.807, 2.05) is 47.4 Å². The Morgan fingerprint density at radius 1 is 1.38 bits per heavy atom. The molecular weight excluding hydrogens is 486 g/mol. The summed E-state index contributed by atoms with van der Waals surface area (Å²) < 4.78 is 8.47. The zero-order valence-electron chi connectivity index (χ0n) is 21.4. The van der Waals surface area contributed by atoms with Gasteiger partial charge in [-0.2, -0.15) is 5.26 Å². The average Bonchev–Trinajstić information content (AvgIpc) is 3.60. The fourth-order valence-electron chi connectivity index (χ4n) is 4.87. The number of anilines is 1. The third-order valence-electron chi connectivity index (χ3n) is 6.60. The number of nitrogens with zero attached hydrogens (tertiary/aromatic N) is 6. The van der Waals surface area contributed by atoms with Gasteiger partial charge in [0.25, 0.3) is 0 Å². The maximum absolute atomic E-state index is 12.8. The summed E-state index contributed by atoms with van der Waals surface area (Å²) in [5.41, 5.74) is 9.15. The second-order valence-electron chi connectivity index (χ2n) is 9.57. The van der Waals surface area contributed by atoms with Crippen LogP contribution in [0.25, 0.3) is 26.2 Å². The molecule has 190 valence electrons. The first kappa shape index (κ1) is 24.7. The summed E-state index contributed by atoms with van der Waals surface area (Å²) in [6, 6.07) is 8.45. The van der Waals surface area contributed by atoms with Gasteiger partial charge in [-0.25, -0.2) is 9.97 Å². The number of amides is 1. The molecule has 5 rings (SSSR count). The molecule has 1 amide bonds. The summed E-state index contributed by atoms with van der Waals surface area (Å²) in [4.78, 5) is 26.9. The van der Waals surface area contributed by atoms with Crippen molar-refractivity contribution in [2.24, 2.45) is 0 Å². The van der Waals surface area contributed by atoms with Crippen molar-refractivity contribution < 1.29 is 9.53 Å². The molecule has 1 aliphatic rings. The van der Waals surface area contributed by atoms with Crippen molar-refractivity contribution in [1.29, 1.82) is 5.26 Å². The molecule has 3 aromatic heterocycles. The zero-order valence-corrected chi connectivity index (χ0v) is 22.2. The van der Waals surface area contributed by atoms with Gasteiger partial charge in [-0.1, -0.05) is 12.1 Å². The molecule has 4 heterocycles. The number of carbonyl (C=O) groups excluding carboxylic acids is 1. The smallest absolute Gasteiger partial charge is 0.246 e. The number of ether oxygens (including phenoxy) is 1. The van der Waals surface area contributed by atoms with Crippen LogP contribution in [0.2, 0.25) is 0 Å². The minimum Gasteiger partial charge on any atom is -0.495 e. The van der Waals surface area contributed by atoms with Gasteiger partial charge in [-0.05, 0) is 50.5 Å². The van der Waals surface area contributed by atoms with Crippen LogP contribution in [0, 0.1) is 18.3 Å². The number of fused-ring (bicyclic) bond motifs is 2. The third kappa shape index (κ3) is 4.52. The SMILES string of the molecule is COc1cc(C)cc2cc(-c3nc([C@H]4CCN(C(=O)/C=C/CN(C)C)C4)n4c(C#N)cnc(N)c34)sc12. The number of hydrogen-bond acceptors (Lipinski definition) is 8. The summed E-state index contributed by atoms with van der Waals surface area (Å²) in [5, 5.41) is 11.0. The van der Waals surface area contributed by atoms with E-state index in [0.29, 0.717) is 42.4 Å². The van der Waals surface area contributed by atoms with Gasteiger partial charge in [0, 0.05) is 31.6 Å². The van der Waals surface area contributed by atoms with E-state index >= 15 is 0 Å². The van der Waals surface area contributed by atoms with E-state index < -0.39 is 0 Å². The minimum atomic E-state index is -0.0347. The van der Waals surface area contributed by atoms with Crippen molar-refractivity contribution in [3.63, 3.8) is 0 Å². The number of nitrogens with two attached hydrogens (primary N) is 1. The van der Waals surface area contributed by atoms with Crippen LogP contribution < -0.4 is 10.5 Å². The highest BCUT2D eigenvalue weighted by Crippen LogP contribution is 2.42. The van der Waals surface area contributed by atoms with E-state index in [-0.39, 0.29) is 11.8 Å². The van der Waals surface area contributed by atoms with Crippen molar-refractivity contribution in [2.75, 3.05) is 46.6 Å². The molecule has 1 aliphatic heterocycles. The van der Waals surface area contributed by atoms with Crippen molar-refractivity contribution in [2.45, 2.75) is 19.3 Å². The molecule has 4 aromatic rings. The number of nitriles is 1. The Morgan fingerprint density at radius 2 is 2.19 bits per heavy atom. The lowest BCUT2D eigenvalue weighted by atomic mass is 10.1. The molecule has 0 unspecified atom stereocenters. The van der Waals surface area contributed by atoms with Gasteiger partial charge in [-0.3, -0.25) is 9.20 Å². The molecular formula is C27H29N7O2S. The van der Waals surface area contributed by atoms with Crippen LogP contribution in [0.3, 0.4) is 0 Å². The predicted molar refractivity (Wildman–Crippen MR) is 146 cm³/mol. The van der Waals surface area contributed by atoms with Gasteiger partial charge < -0.3 is 20.3 Å². The van der Waals surface area contributed by atoms with Crippen molar-refractivity contribution in [3.8, 4) is 22.4 Å². The number of hydrogen-bond donors (Lipinski definition) is 1. The number of methoxy groups -OCH3 is 1. The number of benzene rings is 1. The quantitative estimate of drug-likeness (QED) is 0.389. The number of aryl methyl sites for hydroxylation is 1. The van der Waals surface area contributed by atoms with Gasteiger partial charge in [0.2, 0.25) is 5.91 Å². The molecule has 2 N–H and O–H groups in total. The van der Waals surface area contributed by atoms with Crippen LogP contribution >= 0.6 is 11.3 Å². The largest absolute Gasteiger partial charge is 0.495 e. The Balaban J connectivity index is 1.59. The number of imidazole rings is 1. The van der Waals surface area contributed by atoms with Gasteiger partial charge in [-0.15, -0.1) is 11.3 Å². The summed E-state index contributed by atoms with van der Waals surface area (Å²) >= 11 is 1.58. The highest BCUT2D eigenvalue weighted by Gasteiger charge is 2.32. The molecule has 1 atom stereocenters. The number of aromatic nitrogens is 3. The summed E-state index contributed by atoms with van der Waals surface area (Å²) in [6.07, 6.45) is 5.73. The molecule has 37 heavy (non-hydrogen) atoms. The molecule has 0 saturated carbocycles. The number of likely N-dealkylation sites (tertiary alicyclic amines) is 1. The number of likely N-dealkylation sites (N-methyl/N-ethyl adjacent to an activating group) is 1. The first-order valence-electron chi connectivity index (χ1n) is 12.1. The highest BCUT2D eigenvalue weighted by atomic mass is 32.1. The topological polar surface area (TPSA) is 113 Å². The first-order valence-corrected chi connectivity index (χ1v) is 12.9. The average molecular weight is 516 g/mol. The Bertz CT molecular complexity index is 1580. The molecule has 0 bridgehead atoms. The predicted octanol–water partition coefficient (Wildman–Crippen LogP) is 3.82. The molecule has 1 aromatic carbocycles. The van der Waals surface area contributed by atoms with Crippen LogP contribution in [0.4, 0.5) is 5.82 Å². The Morgan fingerprint density at radius 3 is 2.92 bits per heavy atom. The molecule has 0 aliphatic carbocycles. The van der Waals surface area contributed by atoms with E-state index in [2.05, 4.69) is 23.2 Å². The van der Waals surface area contributed by atoms with Gasteiger partial charge in [0.1, 0.15) is 40.4 Å². The maximum atomic E-state index is 12.8. The maximum Gasteiger partial charge on any atom is 0.246 e. The fourth-order valence-corrected chi connectivity index (χ4v) is 5.99. The van der Waals surface area contributed by atoms with Crippen molar-refractivity contribution in [1.82, 2.24) is 24.2 Å². The van der Waals surface area contributed by atoms with Crippen molar-refractivity contribution >= 4 is 38.7 Å². The number of rotatable bonds is 6. The number of carbonyl (C=O) groups is 1. The highest BCUT2D eigenvalue weighted by molar-refractivity contribution is 7.22. The van der Waals surface area contributed by atoms with Gasteiger partial charge in [0.15, 0.2) is 0 Å². The molecule has 10 heteroatoms. The van der Waals surface area contributed by atoms with Crippen LogP contribution in [-0.4, -0.2) is 70.9 Å². The molecule has 0 radical (unpaired) electrons. The zero-order chi connectivity index (χ0) is 26.3. The second kappa shape index (κ2) is 9.84. The van der Waals surface area contributed by atoms with E-state index in [1.165, 1.54) is 6.20 Å². The summed E-state index contributed by atoms with van der Waals surface area (Å²) in [7, 11) is 5.59. The van der Waals surface area contributed by atoms with Gasteiger partial charge in [0.05, 0.1) is 22.9 Å². The Labute approximate surface area is 219 Å². The Kier molecular flexibility index (Phi) is 6.58. The third-order valence-corrected chi connectivity index (χ3v) is 7.78. The summed E-state index contributed by atoms with van der Waals surface area (Å²) in [6.45, 7) is 3.89. The normalized spacial score (nSPS) is 15.9. The Hall–Kier alpha value is -3.94. The van der Waals surface area contributed by atoms with E-state index in [4.69, 9.17) is 15.5 Å². The number of nitrogen functional groups attached to an aromatic ring is 1. The molecule has 1 saturated heterocycles. The van der Waals surface area contributed by atoms with Crippen LogP contribution in [0.15, 0.2) is 36.5 Å². The van der Waals surface area contributed by atoms with Crippen LogP contribution in [0.5, 0.6) is 5.75 Å². The van der Waals surface area contributed by atoms with Crippen molar-refractivity contribution in [3.05, 3.63) is 53.6 Å². The fraction of sp³-hybridized carbons (Fsp3) is 0.333. The minimum absolute atomic E-state index is 0.0147. The first-order chi connectivity index (χ1) is 17.8. The van der Waals surface area contributed by atoms with Crippen LogP contribution in [-0.2, 0) is 4.79 Å². The molecule has 0 spiro atoms. The second-order valence-corrected chi connectivity index (χ2v) is 10.6. The number of thiophene rings is 1. The van der Waals surface area contributed by atoms with E-state index in [0.717, 1.165) is 38.5 Å². The molecule has 1 fully saturated rings. The lowest BCUT2D eigenvalue weighted by molar-refractivity contribution is -0.125. The van der Waals surface area contributed by atoms with E-state index in [9.17, 15) is 10.1 Å². The standard InChI is InChI=1S/C27H29N7O2S/c1-16-10-18-12-21(37-25(18)20(11-16)36-4)23-24-26(29)30-14-19(13-28)34(24)27(31-23)17-7-9-33(15-17)22(35)6-5-8-32(2)3/h5-6,10-12,14,17H,7-9,15H2,1-4H3,(H2,29,30)/b6-5+/t17-/m0/s1. The lowest BCUT2D eigenvalue weighted by Gasteiger charge is -2.14. The monoisotopic (exact) mass is 515 g/mol. The van der Waals surface area contributed by atoms with Gasteiger partial charge >= 0.3 is 0 Å².